The summed E-state index contributed by atoms with van der Waals surface area (Å²) in [6.45, 7) is 9.45. The van der Waals surface area contributed by atoms with E-state index in [-0.39, 0.29) is 16.9 Å². The van der Waals surface area contributed by atoms with E-state index in [0.29, 0.717) is 12.5 Å². The van der Waals surface area contributed by atoms with E-state index in [9.17, 15) is 4.79 Å². The van der Waals surface area contributed by atoms with Gasteiger partial charge in [-0.25, -0.2) is 0 Å². The van der Waals surface area contributed by atoms with Crippen molar-refractivity contribution < 1.29 is 4.79 Å². The lowest BCUT2D eigenvalue weighted by atomic mass is 9.64. The van der Waals surface area contributed by atoms with Crippen molar-refractivity contribution >= 4 is 5.91 Å². The van der Waals surface area contributed by atoms with Crippen LogP contribution in [0.25, 0.3) is 0 Å². The lowest BCUT2D eigenvalue weighted by molar-refractivity contribution is -0.126. The van der Waals surface area contributed by atoms with Crippen LogP contribution in [0.3, 0.4) is 0 Å². The van der Waals surface area contributed by atoms with E-state index in [0.717, 1.165) is 25.4 Å². The minimum Gasteiger partial charge on any atom is -0.349 e. The predicted molar refractivity (Wildman–Crippen MR) is 81.4 cm³/mol. The number of carbonyl (C=O) groups excluding carboxylic acids is 1. The first-order valence-electron chi connectivity index (χ1n) is 8.12. The fourth-order valence-corrected chi connectivity index (χ4v) is 4.74. The van der Waals surface area contributed by atoms with E-state index < -0.39 is 0 Å². The largest absolute Gasteiger partial charge is 0.349 e. The molecule has 0 saturated heterocycles. The highest BCUT2D eigenvalue weighted by Gasteiger charge is 2.60. The van der Waals surface area contributed by atoms with Crippen LogP contribution in [0, 0.1) is 17.3 Å². The molecule has 1 amide bonds. The molecule has 3 rings (SSSR count). The topological polar surface area (TPSA) is 32.3 Å². The van der Waals surface area contributed by atoms with Crippen molar-refractivity contribution in [1.82, 2.24) is 10.2 Å². The molecule has 1 heterocycles. The van der Waals surface area contributed by atoms with Crippen molar-refractivity contribution in [2.45, 2.75) is 52.0 Å². The van der Waals surface area contributed by atoms with Crippen LogP contribution in [-0.2, 0) is 4.79 Å². The number of rotatable bonds is 3. The highest BCUT2D eigenvalue weighted by atomic mass is 16.2. The van der Waals surface area contributed by atoms with Crippen molar-refractivity contribution in [3.63, 3.8) is 0 Å². The Morgan fingerprint density at radius 2 is 2.00 bits per heavy atom. The molecule has 1 N–H and O–H groups in total. The van der Waals surface area contributed by atoms with Crippen LogP contribution < -0.4 is 5.32 Å². The zero-order chi connectivity index (χ0) is 14.4. The number of carbonyl (C=O) groups is 1. The fraction of sp³-hybridized carbons (Fsp3) is 0.824. The van der Waals surface area contributed by atoms with Crippen molar-refractivity contribution in [1.29, 1.82) is 0 Å². The smallest absolute Gasteiger partial charge is 0.234 e. The van der Waals surface area contributed by atoms with Crippen LogP contribution in [0.5, 0.6) is 0 Å². The third kappa shape index (κ3) is 2.11. The van der Waals surface area contributed by atoms with Crippen LogP contribution in [0.4, 0.5) is 0 Å². The zero-order valence-electron chi connectivity index (χ0n) is 13.1. The Bertz CT molecular complexity index is 429. The number of nitrogens with zero attached hydrogens (tertiary/aromatic N) is 1. The highest BCUT2D eigenvalue weighted by Crippen LogP contribution is 2.61. The zero-order valence-corrected chi connectivity index (χ0v) is 13.1. The molecule has 3 nitrogen and oxygen atoms in total. The van der Waals surface area contributed by atoms with Gasteiger partial charge in [-0.05, 0) is 49.9 Å². The molecule has 0 spiro atoms. The molecule has 0 aromatic carbocycles. The van der Waals surface area contributed by atoms with Gasteiger partial charge >= 0.3 is 0 Å². The third-order valence-electron chi connectivity index (χ3n) is 6.52. The molecule has 2 fully saturated rings. The van der Waals surface area contributed by atoms with E-state index >= 15 is 0 Å². The number of nitrogens with one attached hydrogen (secondary N) is 1. The predicted octanol–water partition coefficient (Wildman–Crippen LogP) is 2.58. The molecular weight excluding hydrogens is 248 g/mol. The Morgan fingerprint density at radius 3 is 2.60 bits per heavy atom. The second-order valence-electron chi connectivity index (χ2n) is 7.67. The summed E-state index contributed by atoms with van der Waals surface area (Å²) in [7, 11) is 0. The lowest BCUT2D eigenvalue weighted by Gasteiger charge is -2.48. The SMILES string of the molecule is CC1(C)C2CCC(C2)C1(C)NC(=O)CN1CC=CCC1. The molecule has 3 aliphatic rings. The van der Waals surface area contributed by atoms with Crippen LogP contribution >= 0.6 is 0 Å². The Balaban J connectivity index is 1.64. The molecule has 2 bridgehead atoms. The number of hydrogen-bond donors (Lipinski definition) is 1. The maximum absolute atomic E-state index is 12.5. The average molecular weight is 276 g/mol. The Labute approximate surface area is 122 Å². The van der Waals surface area contributed by atoms with E-state index in [1.807, 2.05) is 0 Å². The van der Waals surface area contributed by atoms with Gasteiger partial charge in [0, 0.05) is 18.6 Å². The van der Waals surface area contributed by atoms with Crippen molar-refractivity contribution in [2.24, 2.45) is 17.3 Å². The Hall–Kier alpha value is -0.830. The molecule has 112 valence electrons. The molecule has 3 unspecified atom stereocenters. The van der Waals surface area contributed by atoms with Gasteiger partial charge in [0.25, 0.3) is 0 Å². The molecule has 2 saturated carbocycles. The Kier molecular flexibility index (Phi) is 3.44. The van der Waals surface area contributed by atoms with Crippen LogP contribution in [0.1, 0.15) is 46.5 Å². The van der Waals surface area contributed by atoms with E-state index in [1.54, 1.807) is 0 Å². The van der Waals surface area contributed by atoms with Gasteiger partial charge in [0.05, 0.1) is 6.54 Å². The minimum atomic E-state index is -0.0153. The van der Waals surface area contributed by atoms with E-state index in [4.69, 9.17) is 0 Å². The first-order valence-corrected chi connectivity index (χ1v) is 8.12. The molecule has 2 aliphatic carbocycles. The lowest BCUT2D eigenvalue weighted by Crippen LogP contribution is -2.60. The molecule has 3 heteroatoms. The van der Waals surface area contributed by atoms with E-state index in [2.05, 4.69) is 43.1 Å². The summed E-state index contributed by atoms with van der Waals surface area (Å²) >= 11 is 0. The van der Waals surface area contributed by atoms with Crippen LogP contribution in [0.2, 0.25) is 0 Å². The van der Waals surface area contributed by atoms with Gasteiger partial charge in [-0.15, -0.1) is 0 Å². The van der Waals surface area contributed by atoms with Crippen molar-refractivity contribution in [3.8, 4) is 0 Å². The van der Waals surface area contributed by atoms with E-state index in [1.165, 1.54) is 19.3 Å². The minimum absolute atomic E-state index is 0.0153. The first-order chi connectivity index (χ1) is 9.43. The second kappa shape index (κ2) is 4.87. The van der Waals surface area contributed by atoms with Gasteiger partial charge < -0.3 is 5.32 Å². The maximum atomic E-state index is 12.5. The summed E-state index contributed by atoms with van der Waals surface area (Å²) in [4.78, 5) is 14.7. The molecule has 1 aliphatic heterocycles. The number of hydrogen-bond acceptors (Lipinski definition) is 2. The molecular formula is C17H28N2O. The molecule has 0 aromatic heterocycles. The summed E-state index contributed by atoms with van der Waals surface area (Å²) in [6.07, 6.45) is 9.38. The standard InChI is InChI=1S/C17H28N2O/c1-16(2)13-7-8-14(11-13)17(16,3)18-15(20)12-19-9-5-4-6-10-19/h4-5,13-14H,6-12H2,1-3H3,(H,18,20). The van der Waals surface area contributed by atoms with Gasteiger partial charge in [0.15, 0.2) is 0 Å². The van der Waals surface area contributed by atoms with Crippen LogP contribution in [-0.4, -0.2) is 36.0 Å². The van der Waals surface area contributed by atoms with Crippen molar-refractivity contribution in [3.05, 3.63) is 12.2 Å². The fourth-order valence-electron chi connectivity index (χ4n) is 4.74. The van der Waals surface area contributed by atoms with Crippen molar-refractivity contribution in [2.75, 3.05) is 19.6 Å². The third-order valence-corrected chi connectivity index (χ3v) is 6.52. The number of fused-ring (bicyclic) bond motifs is 2. The summed E-state index contributed by atoms with van der Waals surface area (Å²) in [5.41, 5.74) is 0.214. The van der Waals surface area contributed by atoms with Gasteiger partial charge in [0.2, 0.25) is 5.91 Å². The molecule has 0 radical (unpaired) electrons. The Morgan fingerprint density at radius 1 is 1.25 bits per heavy atom. The summed E-state index contributed by atoms with van der Waals surface area (Å²) in [5, 5.41) is 3.42. The monoisotopic (exact) mass is 276 g/mol. The number of amides is 1. The summed E-state index contributed by atoms with van der Waals surface area (Å²) in [6, 6.07) is 0. The highest BCUT2D eigenvalue weighted by molar-refractivity contribution is 5.79. The molecule has 20 heavy (non-hydrogen) atoms. The van der Waals surface area contributed by atoms with Gasteiger partial charge in [0.1, 0.15) is 0 Å². The van der Waals surface area contributed by atoms with Crippen LogP contribution in [0.15, 0.2) is 12.2 Å². The quantitative estimate of drug-likeness (QED) is 0.804. The summed E-state index contributed by atoms with van der Waals surface area (Å²) < 4.78 is 0. The second-order valence-corrected chi connectivity index (χ2v) is 7.67. The maximum Gasteiger partial charge on any atom is 0.234 e. The van der Waals surface area contributed by atoms with Gasteiger partial charge in [-0.2, -0.15) is 0 Å². The average Bonchev–Trinajstić information content (AvgIpc) is 2.94. The van der Waals surface area contributed by atoms with Gasteiger partial charge in [-0.1, -0.05) is 26.0 Å². The molecule has 0 aromatic rings. The van der Waals surface area contributed by atoms with Gasteiger partial charge in [-0.3, -0.25) is 9.69 Å². The first kappa shape index (κ1) is 14.1. The normalized spacial score (nSPS) is 39.1. The summed E-state index contributed by atoms with van der Waals surface area (Å²) in [5.74, 6) is 1.67. The molecule has 3 atom stereocenters.